The molecule has 2 rings (SSSR count). The van der Waals surface area contributed by atoms with Crippen LogP contribution in [0.2, 0.25) is 0 Å². The Balaban J connectivity index is 1.84. The highest BCUT2D eigenvalue weighted by atomic mass is 16.2. The maximum atomic E-state index is 12.4. The van der Waals surface area contributed by atoms with Crippen LogP contribution in [0.3, 0.4) is 0 Å². The van der Waals surface area contributed by atoms with Gasteiger partial charge in [0, 0.05) is 51.5 Å². The number of carbonyl (C=O) groups is 3. The van der Waals surface area contributed by atoms with Crippen LogP contribution >= 0.6 is 0 Å². The Morgan fingerprint density at radius 2 is 1.72 bits per heavy atom. The summed E-state index contributed by atoms with van der Waals surface area (Å²) in [6.45, 7) is 5.07. The summed E-state index contributed by atoms with van der Waals surface area (Å²) in [4.78, 5) is 40.2. The van der Waals surface area contributed by atoms with Gasteiger partial charge in [0.1, 0.15) is 0 Å². The topological polar surface area (TPSA) is 57.7 Å². The first-order valence-electron chi connectivity index (χ1n) is 8.89. The number of Topliss-reactive ketones (excluding diaryl/α,β-unsaturated/α-hetero) is 1. The second-order valence-electron chi connectivity index (χ2n) is 7.13. The molecule has 0 aliphatic carbocycles. The lowest BCUT2D eigenvalue weighted by Gasteiger charge is -2.32. The molecule has 5 heteroatoms. The minimum absolute atomic E-state index is 0.00871. The molecule has 1 aliphatic rings. The third-order valence-electron chi connectivity index (χ3n) is 4.90. The quantitative estimate of drug-likeness (QED) is 0.772. The minimum Gasteiger partial charge on any atom is -0.349 e. The molecule has 136 valence electrons. The van der Waals surface area contributed by atoms with Gasteiger partial charge in [-0.1, -0.05) is 17.7 Å². The average Bonchev–Trinajstić information content (AvgIpc) is 2.60. The Bertz CT molecular complexity index is 659. The number of amides is 2. The first kappa shape index (κ1) is 19.2. The summed E-state index contributed by atoms with van der Waals surface area (Å²) in [5.74, 6) is 0.175. The zero-order valence-electron chi connectivity index (χ0n) is 15.7. The fraction of sp³-hybridized carbons (Fsp3) is 0.550. The van der Waals surface area contributed by atoms with Crippen LogP contribution in [0, 0.1) is 19.8 Å². The summed E-state index contributed by atoms with van der Waals surface area (Å²) in [5, 5.41) is 0. The molecule has 0 radical (unpaired) electrons. The van der Waals surface area contributed by atoms with Crippen LogP contribution in [0.25, 0.3) is 0 Å². The van der Waals surface area contributed by atoms with Gasteiger partial charge in [-0.25, -0.2) is 0 Å². The number of piperidine rings is 1. The molecule has 0 saturated carbocycles. The molecular weight excluding hydrogens is 316 g/mol. The number of carbonyl (C=O) groups excluding carboxylic acids is 3. The van der Waals surface area contributed by atoms with E-state index in [0.29, 0.717) is 31.5 Å². The van der Waals surface area contributed by atoms with E-state index in [1.807, 2.05) is 32.0 Å². The third kappa shape index (κ3) is 4.91. The first-order valence-corrected chi connectivity index (χ1v) is 8.89. The highest BCUT2D eigenvalue weighted by Crippen LogP contribution is 2.20. The van der Waals surface area contributed by atoms with E-state index in [2.05, 4.69) is 0 Å². The number of likely N-dealkylation sites (tertiary alicyclic amines) is 1. The molecule has 0 atom stereocenters. The van der Waals surface area contributed by atoms with Crippen LogP contribution < -0.4 is 0 Å². The van der Waals surface area contributed by atoms with Crippen molar-refractivity contribution in [1.29, 1.82) is 0 Å². The Hall–Kier alpha value is -2.17. The Labute approximate surface area is 150 Å². The van der Waals surface area contributed by atoms with Crippen molar-refractivity contribution in [2.75, 3.05) is 27.2 Å². The van der Waals surface area contributed by atoms with Crippen LogP contribution in [0.5, 0.6) is 0 Å². The molecule has 5 nitrogen and oxygen atoms in total. The van der Waals surface area contributed by atoms with E-state index < -0.39 is 0 Å². The van der Waals surface area contributed by atoms with E-state index >= 15 is 0 Å². The zero-order chi connectivity index (χ0) is 18.6. The lowest BCUT2D eigenvalue weighted by Crippen LogP contribution is -2.42. The Kier molecular flexibility index (Phi) is 6.34. The van der Waals surface area contributed by atoms with Gasteiger partial charge >= 0.3 is 0 Å². The molecule has 1 aliphatic heterocycles. The highest BCUT2D eigenvalue weighted by Gasteiger charge is 2.28. The van der Waals surface area contributed by atoms with Crippen LogP contribution in [0.1, 0.15) is 47.2 Å². The number of aryl methyl sites for hydroxylation is 2. The summed E-state index contributed by atoms with van der Waals surface area (Å²) in [6.07, 6.45) is 1.87. The van der Waals surface area contributed by atoms with E-state index in [9.17, 15) is 14.4 Å². The molecule has 0 unspecified atom stereocenters. The van der Waals surface area contributed by atoms with Crippen LogP contribution in [-0.2, 0) is 9.59 Å². The van der Waals surface area contributed by atoms with E-state index in [-0.39, 0.29) is 36.4 Å². The minimum atomic E-state index is 0.00871. The molecule has 0 aromatic heterocycles. The van der Waals surface area contributed by atoms with Gasteiger partial charge in [0.2, 0.25) is 11.8 Å². The van der Waals surface area contributed by atoms with Gasteiger partial charge in [0.05, 0.1) is 0 Å². The number of nitrogens with zero attached hydrogens (tertiary/aromatic N) is 2. The van der Waals surface area contributed by atoms with Crippen molar-refractivity contribution in [2.45, 2.75) is 39.5 Å². The molecule has 2 amide bonds. The lowest BCUT2D eigenvalue weighted by molar-refractivity contribution is -0.139. The van der Waals surface area contributed by atoms with Gasteiger partial charge in [0.15, 0.2) is 5.78 Å². The van der Waals surface area contributed by atoms with E-state index in [4.69, 9.17) is 0 Å². The van der Waals surface area contributed by atoms with Crippen LogP contribution in [0.15, 0.2) is 18.2 Å². The van der Waals surface area contributed by atoms with Gasteiger partial charge in [-0.05, 0) is 38.3 Å². The highest BCUT2D eigenvalue weighted by molar-refractivity contribution is 5.99. The predicted octanol–water partition coefficient (Wildman–Crippen LogP) is 2.59. The smallest absolute Gasteiger partial charge is 0.225 e. The van der Waals surface area contributed by atoms with Crippen molar-refractivity contribution in [2.24, 2.45) is 5.92 Å². The largest absolute Gasteiger partial charge is 0.349 e. The maximum absolute atomic E-state index is 12.4. The summed E-state index contributed by atoms with van der Waals surface area (Å²) in [6, 6.07) is 5.81. The SMILES string of the molecule is Cc1ccc(C)c(C(=O)CCC(=O)N2CCC(C(=O)N(C)C)CC2)c1. The molecule has 0 spiro atoms. The van der Waals surface area contributed by atoms with Crippen LogP contribution in [-0.4, -0.2) is 54.6 Å². The normalized spacial score (nSPS) is 15.1. The molecule has 0 N–H and O–H groups in total. The third-order valence-corrected chi connectivity index (χ3v) is 4.90. The van der Waals surface area contributed by atoms with Gasteiger partial charge in [0.25, 0.3) is 0 Å². The summed E-state index contributed by atoms with van der Waals surface area (Å²) in [5.41, 5.74) is 2.71. The van der Waals surface area contributed by atoms with Gasteiger partial charge in [-0.3, -0.25) is 14.4 Å². The predicted molar refractivity (Wildman–Crippen MR) is 97.5 cm³/mol. The van der Waals surface area contributed by atoms with Crippen molar-refractivity contribution >= 4 is 17.6 Å². The molecule has 1 saturated heterocycles. The standard InChI is InChI=1S/C20H28N2O3/c1-14-5-6-15(2)17(13-14)18(23)7-8-19(24)22-11-9-16(10-12-22)20(25)21(3)4/h5-6,13,16H,7-12H2,1-4H3. The maximum Gasteiger partial charge on any atom is 0.225 e. The molecule has 0 bridgehead atoms. The number of benzene rings is 1. The number of rotatable bonds is 5. The van der Waals surface area contributed by atoms with Gasteiger partial charge < -0.3 is 9.80 Å². The van der Waals surface area contributed by atoms with E-state index in [0.717, 1.165) is 11.1 Å². The van der Waals surface area contributed by atoms with E-state index in [1.54, 1.807) is 23.9 Å². The first-order chi connectivity index (χ1) is 11.8. The summed E-state index contributed by atoms with van der Waals surface area (Å²) < 4.78 is 0. The lowest BCUT2D eigenvalue weighted by atomic mass is 9.95. The average molecular weight is 344 g/mol. The molecule has 1 aromatic rings. The summed E-state index contributed by atoms with van der Waals surface area (Å²) in [7, 11) is 3.53. The van der Waals surface area contributed by atoms with Crippen LogP contribution in [0.4, 0.5) is 0 Å². The van der Waals surface area contributed by atoms with E-state index in [1.165, 1.54) is 0 Å². The Morgan fingerprint density at radius 1 is 1.08 bits per heavy atom. The van der Waals surface area contributed by atoms with Crippen molar-refractivity contribution in [3.8, 4) is 0 Å². The second-order valence-corrected chi connectivity index (χ2v) is 7.13. The monoisotopic (exact) mass is 344 g/mol. The summed E-state index contributed by atoms with van der Waals surface area (Å²) >= 11 is 0. The molecule has 1 heterocycles. The van der Waals surface area contributed by atoms with Gasteiger partial charge in [-0.15, -0.1) is 0 Å². The van der Waals surface area contributed by atoms with Crippen molar-refractivity contribution < 1.29 is 14.4 Å². The van der Waals surface area contributed by atoms with Crippen molar-refractivity contribution in [3.63, 3.8) is 0 Å². The fourth-order valence-electron chi connectivity index (χ4n) is 3.29. The molecule has 1 fully saturated rings. The van der Waals surface area contributed by atoms with Crippen molar-refractivity contribution in [1.82, 2.24) is 9.80 Å². The van der Waals surface area contributed by atoms with Crippen molar-refractivity contribution in [3.05, 3.63) is 34.9 Å². The number of hydrogen-bond acceptors (Lipinski definition) is 3. The second kappa shape index (κ2) is 8.28. The number of ketones is 1. The molecule has 25 heavy (non-hydrogen) atoms. The van der Waals surface area contributed by atoms with Gasteiger partial charge in [-0.2, -0.15) is 0 Å². The fourth-order valence-corrected chi connectivity index (χ4v) is 3.29. The Morgan fingerprint density at radius 3 is 2.32 bits per heavy atom. The zero-order valence-corrected chi connectivity index (χ0v) is 15.7. The molecule has 1 aromatic carbocycles. The number of hydrogen-bond donors (Lipinski definition) is 0. The molecular formula is C20H28N2O3.